The molecule has 6 radical (unpaired) electrons. The second-order valence-electron chi connectivity index (χ2n) is 7.17. The van der Waals surface area contributed by atoms with Gasteiger partial charge in [-0.3, -0.25) is 0 Å². The van der Waals surface area contributed by atoms with Gasteiger partial charge in [-0.1, -0.05) is 71.8 Å². The molecule has 0 amide bonds. The first-order valence-corrected chi connectivity index (χ1v) is 9.76. The minimum absolute atomic E-state index is 0.0146. The molecule has 9 unspecified atom stereocenters. The lowest BCUT2D eigenvalue weighted by molar-refractivity contribution is 0.290. The molecule has 0 saturated carbocycles. The summed E-state index contributed by atoms with van der Waals surface area (Å²) in [5.41, 5.74) is 0. The summed E-state index contributed by atoms with van der Waals surface area (Å²) in [4.78, 5) is 0. The van der Waals surface area contributed by atoms with Crippen molar-refractivity contribution >= 4 is 48.8 Å². The fourth-order valence-corrected chi connectivity index (χ4v) is 3.97. The van der Waals surface area contributed by atoms with Crippen LogP contribution in [-0.2, 0) is 0 Å². The van der Waals surface area contributed by atoms with Crippen LogP contribution >= 0.6 is 25.3 Å². The van der Waals surface area contributed by atoms with Crippen molar-refractivity contribution in [3.05, 3.63) is 0 Å². The number of rotatable bonds is 10. The first-order chi connectivity index (χ1) is 10.1. The minimum Gasteiger partial charge on any atom is -0.176 e. The van der Waals surface area contributed by atoms with E-state index in [1.165, 1.54) is 0 Å². The van der Waals surface area contributed by atoms with Gasteiger partial charge in [-0.15, -0.1) is 0 Å². The van der Waals surface area contributed by atoms with Gasteiger partial charge in [0, 0.05) is 0 Å². The Morgan fingerprint density at radius 2 is 1.14 bits per heavy atom. The van der Waals surface area contributed by atoms with E-state index >= 15 is 0 Å². The summed E-state index contributed by atoms with van der Waals surface area (Å²) in [6.07, 6.45) is 2.02. The highest BCUT2D eigenvalue weighted by molar-refractivity contribution is 7.81. The van der Waals surface area contributed by atoms with Crippen LogP contribution in [0, 0.1) is 23.7 Å². The molecule has 5 heteroatoms. The highest BCUT2D eigenvalue weighted by Crippen LogP contribution is 2.41. The van der Waals surface area contributed by atoms with Gasteiger partial charge in [0.2, 0.25) is 0 Å². The molecule has 0 aliphatic rings. The summed E-state index contributed by atoms with van der Waals surface area (Å²) in [5.74, 6) is 1.61. The van der Waals surface area contributed by atoms with Crippen LogP contribution in [0.5, 0.6) is 0 Å². The minimum atomic E-state index is -0.108. The monoisotopic (exact) mass is 334 g/mol. The highest BCUT2D eigenvalue weighted by atomic mass is 32.1. The van der Waals surface area contributed by atoms with Gasteiger partial charge in [0.1, 0.15) is 0 Å². The molecule has 9 atom stereocenters. The maximum absolute atomic E-state index is 6.52. The van der Waals surface area contributed by atoms with E-state index in [4.69, 9.17) is 48.8 Å². The predicted molar refractivity (Wildman–Crippen MR) is 111 cm³/mol. The number of hydrogen-bond acceptors (Lipinski definition) is 2. The second-order valence-corrected chi connectivity index (χ2v) is 8.36. The predicted octanol–water partition coefficient (Wildman–Crippen LogP) is 4.82. The van der Waals surface area contributed by atoms with Crippen molar-refractivity contribution in [2.24, 2.45) is 23.7 Å². The standard InChI is InChI=1S/C17H33B3S2/c1-7-9(3)10(4)16(21)14(19)11(5)12(6)17(22)15(20)13(18)8-2/h9-17,21-22H,7-8H2,1-6H3. The normalized spacial score (nSPS) is 24.5. The van der Waals surface area contributed by atoms with Crippen LogP contribution in [0.3, 0.4) is 0 Å². The summed E-state index contributed by atoms with van der Waals surface area (Å²) < 4.78 is 0. The number of hydrogen-bond donors (Lipinski definition) is 2. The largest absolute Gasteiger partial charge is 0.176 e. The van der Waals surface area contributed by atoms with Crippen molar-refractivity contribution in [2.75, 3.05) is 0 Å². The SMILES string of the molecule is [B]C(CC)C([B])C(S)C(C)C(C)C([B])C(S)C(C)C(C)CC. The third-order valence-electron chi connectivity index (χ3n) is 5.81. The van der Waals surface area contributed by atoms with Crippen LogP contribution in [0.15, 0.2) is 0 Å². The van der Waals surface area contributed by atoms with Gasteiger partial charge in [0.25, 0.3) is 0 Å². The molecule has 22 heavy (non-hydrogen) atoms. The lowest BCUT2D eigenvalue weighted by atomic mass is 9.59. The van der Waals surface area contributed by atoms with Crippen molar-refractivity contribution in [1.82, 2.24) is 0 Å². The third kappa shape index (κ3) is 6.08. The van der Waals surface area contributed by atoms with Gasteiger partial charge >= 0.3 is 0 Å². The van der Waals surface area contributed by atoms with E-state index in [1.54, 1.807) is 0 Å². The molecule has 0 rings (SSSR count). The zero-order valence-electron chi connectivity index (χ0n) is 15.2. The van der Waals surface area contributed by atoms with Crippen LogP contribution in [0.2, 0.25) is 17.5 Å². The average molecular weight is 334 g/mol. The van der Waals surface area contributed by atoms with Gasteiger partial charge in [0.15, 0.2) is 0 Å². The number of thiol groups is 2. The molecular weight excluding hydrogens is 301 g/mol. The van der Waals surface area contributed by atoms with Crippen LogP contribution in [-0.4, -0.2) is 34.0 Å². The van der Waals surface area contributed by atoms with Gasteiger partial charge in [0.05, 0.1) is 23.5 Å². The van der Waals surface area contributed by atoms with Crippen LogP contribution in [0.1, 0.15) is 54.4 Å². The molecule has 0 spiro atoms. The molecule has 0 aromatic heterocycles. The summed E-state index contributed by atoms with van der Waals surface area (Å²) in [6.45, 7) is 13.2. The maximum atomic E-state index is 6.52. The lowest BCUT2D eigenvalue weighted by Crippen LogP contribution is -2.34. The fraction of sp³-hybridized carbons (Fsp3) is 1.00. The molecule has 122 valence electrons. The lowest BCUT2D eigenvalue weighted by Gasteiger charge is -2.39. The van der Waals surface area contributed by atoms with Crippen molar-refractivity contribution in [1.29, 1.82) is 0 Å². The van der Waals surface area contributed by atoms with E-state index < -0.39 is 0 Å². The molecule has 0 aromatic rings. The van der Waals surface area contributed by atoms with Crippen LogP contribution in [0.4, 0.5) is 0 Å². The topological polar surface area (TPSA) is 0 Å². The Balaban J connectivity index is 4.82. The summed E-state index contributed by atoms with van der Waals surface area (Å²) in [7, 11) is 18.9. The molecule has 0 aromatic carbocycles. The first-order valence-electron chi connectivity index (χ1n) is 8.72. The Morgan fingerprint density at radius 3 is 1.55 bits per heavy atom. The highest BCUT2D eigenvalue weighted by Gasteiger charge is 2.33. The van der Waals surface area contributed by atoms with E-state index in [0.717, 1.165) is 12.8 Å². The van der Waals surface area contributed by atoms with E-state index in [-0.39, 0.29) is 28.0 Å². The van der Waals surface area contributed by atoms with E-state index in [0.29, 0.717) is 23.7 Å². The molecule has 0 bridgehead atoms. The zero-order chi connectivity index (χ0) is 17.6. The molecule has 0 aliphatic carbocycles. The van der Waals surface area contributed by atoms with Crippen molar-refractivity contribution in [2.45, 2.75) is 82.3 Å². The Bertz CT molecular complexity index is 276. The van der Waals surface area contributed by atoms with E-state index in [2.05, 4.69) is 41.5 Å². The Kier molecular flexibility index (Phi) is 11.1. The smallest absolute Gasteiger partial charge is 0.0718 e. The molecule has 0 nitrogen and oxygen atoms in total. The molecule has 0 aliphatic heterocycles. The fourth-order valence-electron chi connectivity index (χ4n) is 2.91. The molecule has 0 heterocycles. The third-order valence-corrected chi connectivity index (χ3v) is 7.44. The average Bonchev–Trinajstić information content (AvgIpc) is 2.55. The second kappa shape index (κ2) is 10.7. The molecule has 0 N–H and O–H groups in total. The van der Waals surface area contributed by atoms with E-state index in [9.17, 15) is 0 Å². The zero-order valence-corrected chi connectivity index (χ0v) is 17.0. The Morgan fingerprint density at radius 1 is 0.682 bits per heavy atom. The van der Waals surface area contributed by atoms with E-state index in [1.807, 2.05) is 0 Å². The Hall–Kier alpha value is 0.895. The Labute approximate surface area is 154 Å². The quantitative estimate of drug-likeness (QED) is 0.415. The summed E-state index contributed by atoms with van der Waals surface area (Å²) in [6, 6.07) is 0. The van der Waals surface area contributed by atoms with Gasteiger partial charge in [-0.05, 0) is 34.2 Å². The van der Waals surface area contributed by atoms with Crippen molar-refractivity contribution in [3.8, 4) is 0 Å². The van der Waals surface area contributed by atoms with Crippen LogP contribution in [0.25, 0.3) is 0 Å². The molecule has 0 fully saturated rings. The van der Waals surface area contributed by atoms with Crippen molar-refractivity contribution in [3.63, 3.8) is 0 Å². The van der Waals surface area contributed by atoms with Crippen molar-refractivity contribution < 1.29 is 0 Å². The van der Waals surface area contributed by atoms with Gasteiger partial charge in [-0.2, -0.15) is 25.3 Å². The molecular formula is C17H33B3S2. The van der Waals surface area contributed by atoms with Crippen LogP contribution < -0.4 is 0 Å². The maximum Gasteiger partial charge on any atom is 0.0718 e. The van der Waals surface area contributed by atoms with Gasteiger partial charge in [-0.25, -0.2) is 0 Å². The van der Waals surface area contributed by atoms with Gasteiger partial charge < -0.3 is 0 Å². The summed E-state index contributed by atoms with van der Waals surface area (Å²) >= 11 is 9.56. The first kappa shape index (κ1) is 22.9. The summed E-state index contributed by atoms with van der Waals surface area (Å²) in [5, 5.41) is 0.236. The molecule has 0 saturated heterocycles.